The summed E-state index contributed by atoms with van der Waals surface area (Å²) in [6.07, 6.45) is 0. The largest absolute Gasteiger partial charge is 0.455 e. The lowest BCUT2D eigenvalue weighted by molar-refractivity contribution is 0.660. The molecule has 3 heterocycles. The fourth-order valence-electron chi connectivity index (χ4n) is 23.7. The van der Waals surface area contributed by atoms with Gasteiger partial charge in [-0.05, 0) is 281 Å². The van der Waals surface area contributed by atoms with E-state index in [1.165, 1.54) is 155 Å². The molecule has 0 saturated heterocycles. The van der Waals surface area contributed by atoms with E-state index in [1.807, 2.05) is 12.1 Å². The Morgan fingerprint density at radius 1 is 0.163 bits per heavy atom. The van der Waals surface area contributed by atoms with Crippen molar-refractivity contribution >= 4 is 117 Å². The van der Waals surface area contributed by atoms with Crippen LogP contribution >= 0.6 is 0 Å². The van der Waals surface area contributed by atoms with Gasteiger partial charge in [0.1, 0.15) is 11.2 Å². The third-order valence-electron chi connectivity index (χ3n) is 31.1. The molecule has 0 aliphatic heterocycles. The zero-order valence-corrected chi connectivity index (χ0v) is 82.9. The number of furan rings is 1. The summed E-state index contributed by atoms with van der Waals surface area (Å²) in [5.41, 5.74) is 47.1. The first-order valence-electron chi connectivity index (χ1n) is 51.1. The van der Waals surface area contributed by atoms with Crippen molar-refractivity contribution in [1.29, 1.82) is 0 Å². The van der Waals surface area contributed by atoms with Crippen molar-refractivity contribution in [2.75, 3.05) is 14.7 Å². The first-order valence-corrected chi connectivity index (χ1v) is 51.1. The molecule has 0 radical (unpaired) electrons. The lowest BCUT2D eigenvalue weighted by atomic mass is 9.82. The maximum Gasteiger partial charge on any atom is 0.143 e. The monoisotopic (exact) mass is 1880 g/mol. The minimum absolute atomic E-state index is 0.0600. The number of para-hydroxylation sites is 7. The van der Waals surface area contributed by atoms with E-state index in [4.69, 9.17) is 4.42 Å². The van der Waals surface area contributed by atoms with Gasteiger partial charge < -0.3 is 28.3 Å². The molecule has 700 valence electrons. The molecule has 0 saturated carbocycles. The van der Waals surface area contributed by atoms with Crippen LogP contribution in [0.2, 0.25) is 0 Å². The maximum absolute atomic E-state index is 6.38. The zero-order valence-electron chi connectivity index (χ0n) is 82.9. The second-order valence-corrected chi connectivity index (χ2v) is 40.6. The molecule has 0 atom stereocenters. The maximum atomic E-state index is 6.38. The summed E-state index contributed by atoms with van der Waals surface area (Å²) in [6.45, 7) is 14.1. The Kier molecular flexibility index (Phi) is 21.9. The van der Waals surface area contributed by atoms with Crippen molar-refractivity contribution in [3.05, 3.63) is 561 Å². The average molecular weight is 1890 g/mol. The van der Waals surface area contributed by atoms with Gasteiger partial charge in [-0.2, -0.15) is 0 Å². The Bertz CT molecular complexity index is 9250. The number of anilines is 9. The number of aromatic nitrogens is 2. The fraction of sp³-hybridized carbons (Fsp3) is 0.0638. The Morgan fingerprint density at radius 3 is 0.769 bits per heavy atom. The number of hydrogen-bond acceptors (Lipinski definition) is 4. The van der Waals surface area contributed by atoms with Gasteiger partial charge in [-0.1, -0.05) is 406 Å². The molecule has 0 unspecified atom stereocenters. The summed E-state index contributed by atoms with van der Waals surface area (Å²) in [7, 11) is 0. The quantitative estimate of drug-likeness (QED) is 0.0965. The van der Waals surface area contributed by atoms with E-state index < -0.39 is 0 Å². The van der Waals surface area contributed by atoms with E-state index in [0.717, 1.165) is 95.6 Å². The smallest absolute Gasteiger partial charge is 0.143 e. The minimum atomic E-state index is -0.0873. The molecule has 0 N–H and O–H groups in total. The van der Waals surface area contributed by atoms with Gasteiger partial charge in [-0.15, -0.1) is 0 Å². The van der Waals surface area contributed by atoms with Gasteiger partial charge in [0.2, 0.25) is 0 Å². The lowest BCUT2D eigenvalue weighted by Gasteiger charge is -2.28. The van der Waals surface area contributed by atoms with Crippen LogP contribution in [0.4, 0.5) is 51.2 Å². The zero-order chi connectivity index (χ0) is 98.6. The summed E-state index contributed by atoms with van der Waals surface area (Å²) in [5, 5.41) is 7.38. The summed E-state index contributed by atoms with van der Waals surface area (Å²) < 4.78 is 11.1. The molecule has 147 heavy (non-hydrogen) atoms. The number of rotatable bonds is 16. The first kappa shape index (κ1) is 88.8. The molecule has 28 rings (SSSR count). The first-order chi connectivity index (χ1) is 72.2. The second kappa shape index (κ2) is 36.2. The van der Waals surface area contributed by atoms with E-state index in [0.29, 0.717) is 0 Å². The predicted octanol–water partition coefficient (Wildman–Crippen LogP) is 38.8. The number of hydrogen-bond donors (Lipinski definition) is 0. The van der Waals surface area contributed by atoms with Gasteiger partial charge in [0.25, 0.3) is 0 Å². The number of fused-ring (bicyclic) bond motifs is 18. The van der Waals surface area contributed by atoms with Crippen LogP contribution in [0.3, 0.4) is 0 Å². The molecule has 3 aromatic heterocycles. The molecule has 0 spiro atoms. The Balaban J connectivity index is 0.000000112. The average Bonchev–Trinajstić information content (AvgIpc) is 1.58. The molecule has 0 bridgehead atoms. The van der Waals surface area contributed by atoms with Crippen LogP contribution in [0.15, 0.2) is 532 Å². The second-order valence-electron chi connectivity index (χ2n) is 40.6. The highest BCUT2D eigenvalue weighted by Gasteiger charge is 2.40. The van der Waals surface area contributed by atoms with Crippen LogP contribution in [-0.4, -0.2) is 9.13 Å². The highest BCUT2D eigenvalue weighted by molar-refractivity contribution is 6.12. The predicted molar refractivity (Wildman–Crippen MR) is 619 cm³/mol. The Morgan fingerprint density at radius 2 is 0.408 bits per heavy atom. The van der Waals surface area contributed by atoms with Crippen LogP contribution in [0.1, 0.15) is 74.9 Å². The molecule has 25 aromatic rings. The van der Waals surface area contributed by atoms with Gasteiger partial charge in [-0.3, -0.25) is 0 Å². The van der Waals surface area contributed by atoms with Gasteiger partial charge in [-0.25, -0.2) is 0 Å². The molecule has 3 aliphatic rings. The summed E-state index contributed by atoms with van der Waals surface area (Å²) in [4.78, 5) is 7.14. The van der Waals surface area contributed by atoms with Crippen molar-refractivity contribution < 1.29 is 4.42 Å². The topological polar surface area (TPSA) is 32.7 Å². The summed E-state index contributed by atoms with van der Waals surface area (Å²) >= 11 is 0. The summed E-state index contributed by atoms with van der Waals surface area (Å²) in [5.74, 6) is 0. The van der Waals surface area contributed by atoms with Crippen LogP contribution in [0.5, 0.6) is 0 Å². The number of benzene rings is 22. The summed E-state index contributed by atoms with van der Waals surface area (Å²) in [6, 6.07) is 191. The fourth-order valence-corrected chi connectivity index (χ4v) is 23.7. The van der Waals surface area contributed by atoms with Crippen molar-refractivity contribution in [2.45, 2.75) is 57.8 Å². The molecule has 3 aliphatic carbocycles. The van der Waals surface area contributed by atoms with Crippen LogP contribution < -0.4 is 14.7 Å². The van der Waals surface area contributed by atoms with Crippen molar-refractivity contribution in [3.63, 3.8) is 0 Å². The van der Waals surface area contributed by atoms with Gasteiger partial charge >= 0.3 is 0 Å². The van der Waals surface area contributed by atoms with Crippen LogP contribution in [-0.2, 0) is 16.2 Å². The minimum Gasteiger partial charge on any atom is -0.455 e. The van der Waals surface area contributed by atoms with Crippen molar-refractivity contribution in [2.24, 2.45) is 0 Å². The molecular weight excluding hydrogens is 1780 g/mol. The van der Waals surface area contributed by atoms with Gasteiger partial charge in [0, 0.05) is 117 Å². The molecule has 22 aromatic carbocycles. The lowest BCUT2D eigenvalue weighted by Crippen LogP contribution is -2.16. The van der Waals surface area contributed by atoms with E-state index in [9.17, 15) is 0 Å². The van der Waals surface area contributed by atoms with Crippen LogP contribution in [0, 0.1) is 0 Å². The van der Waals surface area contributed by atoms with E-state index in [-0.39, 0.29) is 16.2 Å². The van der Waals surface area contributed by atoms with E-state index in [1.54, 1.807) is 0 Å². The highest BCUT2D eigenvalue weighted by Crippen LogP contribution is 2.56. The molecule has 6 heteroatoms. The molecular formula is C141H105N5O. The standard InChI is InChI=1S/C51H38N2.C45H34N2.C45H33NO/c1-51(2)47-20-9-6-17-43(47)44-32-31-42(34-48(44)51)52(39-27-23-36(24-28-39)35-13-4-3-5-14-35)40-29-25-37(26-30-40)38-15-12-16-41(33-38)53-49-21-10-7-18-45(49)46-19-8-11-22-50(46)53;1-45(2)41-20-9-6-17-37(41)38-28-27-36(30-42(38)45)46(33-14-4-3-5-15-33)34-25-23-31(24-26-34)32-13-12-16-35(29-32)47-43-21-10-7-18-39(43)40-19-8-11-22-44(40)47;1-45(2)41-17-8-6-13-37(41)38-28-27-35(29-42(38)45)46(33-23-19-31(20-24-33)30-11-4-3-5-12-30)34-25-21-32(22-26-34)36-15-10-16-40-39-14-7-9-18-43(39)47-44(36)40/h3-34H,1-2H3;3-30H,1-2H3;3-29H,1-2H3. The highest BCUT2D eigenvalue weighted by atomic mass is 16.3. The Hall–Kier alpha value is -18.4. The third kappa shape index (κ3) is 15.5. The molecule has 0 amide bonds. The molecule has 0 fully saturated rings. The van der Waals surface area contributed by atoms with E-state index in [2.05, 4.69) is 581 Å². The van der Waals surface area contributed by atoms with Crippen LogP contribution in [0.25, 0.3) is 166 Å². The number of nitrogens with zero attached hydrogens (tertiary/aromatic N) is 5. The normalized spacial score (nSPS) is 13.0. The van der Waals surface area contributed by atoms with Gasteiger partial charge in [0.05, 0.1) is 22.1 Å². The van der Waals surface area contributed by atoms with Crippen molar-refractivity contribution in [1.82, 2.24) is 9.13 Å². The Labute approximate surface area is 858 Å². The third-order valence-corrected chi connectivity index (χ3v) is 31.1. The van der Waals surface area contributed by atoms with Gasteiger partial charge in [0.15, 0.2) is 0 Å². The SMILES string of the molecule is CC1(C)c2ccccc2-c2ccc(N(c3ccc(-c4ccccc4)cc3)c3ccc(-c4cccc(-n5c6ccccc6c6ccccc65)c4)cc3)cc21.CC1(C)c2ccccc2-c2ccc(N(c3ccc(-c4ccccc4)cc3)c3ccc(-c4cccc5c4oc4ccccc45)cc3)cc21.CC1(C)c2ccccc2-c2ccc(N(c3ccccc3)c3ccc(-c4cccc(-n5c6ccccc6c6ccccc65)c4)cc3)cc21. The van der Waals surface area contributed by atoms with E-state index >= 15 is 0 Å². The molecule has 6 nitrogen and oxygen atoms in total. The van der Waals surface area contributed by atoms with Crippen molar-refractivity contribution in [3.8, 4) is 100 Å².